The molecule has 0 aliphatic carbocycles. The van der Waals surface area contributed by atoms with Gasteiger partial charge in [-0.1, -0.05) is 111 Å². The van der Waals surface area contributed by atoms with E-state index in [-0.39, 0.29) is 47.9 Å². The zero-order chi connectivity index (χ0) is 39.6. The second-order valence-electron chi connectivity index (χ2n) is 17.0. The summed E-state index contributed by atoms with van der Waals surface area (Å²) >= 11 is 3.73. The molecule has 1 radical (unpaired) electrons. The molecule has 6 heteroatoms. The van der Waals surface area contributed by atoms with Crippen LogP contribution >= 0.6 is 22.7 Å². The van der Waals surface area contributed by atoms with Crippen molar-refractivity contribution in [3.8, 4) is 21.7 Å². The molecule has 3 nitrogen and oxygen atoms in total. The van der Waals surface area contributed by atoms with Crippen molar-refractivity contribution < 1.29 is 30.0 Å². The Morgan fingerprint density at radius 2 is 1.53 bits per heavy atom. The summed E-state index contributed by atoms with van der Waals surface area (Å²) in [7, 11) is 0. The Hall–Kier alpha value is -3.15. The van der Waals surface area contributed by atoms with Crippen LogP contribution in [0, 0.1) is 29.7 Å². The molecule has 0 saturated carbocycles. The number of fused-ring (bicyclic) bond motifs is 3. The number of aliphatic hydroxyl groups is 1. The number of rotatable bonds is 11. The third kappa shape index (κ3) is 9.36. The molecule has 1 N–H and O–H groups in total. The Kier molecular flexibility index (Phi) is 14.6. The largest absolute Gasteiger partial charge is 0.512 e. The second kappa shape index (κ2) is 18.0. The Bertz CT molecular complexity index is 2290. The van der Waals surface area contributed by atoms with Crippen molar-refractivity contribution in [2.75, 3.05) is 0 Å². The van der Waals surface area contributed by atoms with Gasteiger partial charge in [0.15, 0.2) is 5.78 Å². The number of ketones is 1. The quantitative estimate of drug-likeness (QED) is 0.0800. The van der Waals surface area contributed by atoms with Crippen molar-refractivity contribution in [2.24, 2.45) is 16.7 Å². The van der Waals surface area contributed by atoms with Gasteiger partial charge in [-0.15, -0.1) is 51.8 Å². The van der Waals surface area contributed by atoms with Crippen molar-refractivity contribution >= 4 is 59.4 Å². The fourth-order valence-electron chi connectivity index (χ4n) is 7.11. The van der Waals surface area contributed by atoms with Gasteiger partial charge in [0, 0.05) is 79.5 Å². The molecular weight excluding hydrogens is 891 g/mol. The van der Waals surface area contributed by atoms with Crippen molar-refractivity contribution in [1.29, 1.82) is 0 Å². The summed E-state index contributed by atoms with van der Waals surface area (Å²) in [5, 5.41) is 17.6. The van der Waals surface area contributed by atoms with Crippen LogP contribution in [-0.2, 0) is 36.7 Å². The number of nitrogens with zero attached hydrogens (tertiary/aromatic N) is 1. The number of carbonyl (C=O) groups excluding carboxylic acids is 1. The molecule has 3 heterocycles. The van der Waals surface area contributed by atoms with E-state index in [4.69, 9.17) is 4.98 Å². The number of aromatic nitrogens is 1. The maximum atomic E-state index is 12.2. The van der Waals surface area contributed by atoms with Crippen LogP contribution in [0.25, 0.3) is 52.6 Å². The van der Waals surface area contributed by atoms with Gasteiger partial charge in [0.05, 0.1) is 0 Å². The molecule has 0 amide bonds. The number of pyridine rings is 1. The number of carbonyl (C=O) groups is 1. The van der Waals surface area contributed by atoms with Gasteiger partial charge in [-0.25, -0.2) is 0 Å². The van der Waals surface area contributed by atoms with Crippen LogP contribution in [-0.4, -0.2) is 15.9 Å². The topological polar surface area (TPSA) is 50.2 Å². The number of hydrogen-bond donors (Lipinski definition) is 1. The average molecular weight is 951 g/mol. The molecule has 3 aromatic heterocycles. The molecule has 0 bridgehead atoms. The molecule has 0 aliphatic heterocycles. The minimum absolute atomic E-state index is 0. The molecule has 0 unspecified atom stereocenters. The molecule has 0 aliphatic rings. The van der Waals surface area contributed by atoms with Gasteiger partial charge in [-0.05, 0) is 85.1 Å². The van der Waals surface area contributed by atoms with E-state index in [0.717, 1.165) is 48.7 Å². The van der Waals surface area contributed by atoms with Gasteiger partial charge in [0.2, 0.25) is 0 Å². The van der Waals surface area contributed by atoms with E-state index < -0.39 is 0 Å². The molecule has 0 saturated heterocycles. The molecule has 6 aromatic rings. The molecule has 3 aromatic carbocycles. The van der Waals surface area contributed by atoms with E-state index in [1.54, 1.807) is 0 Å². The van der Waals surface area contributed by atoms with Crippen LogP contribution in [0.15, 0.2) is 78.0 Å². The number of benzene rings is 3. The first-order valence-corrected chi connectivity index (χ1v) is 21.5. The van der Waals surface area contributed by atoms with Crippen molar-refractivity contribution in [3.05, 3.63) is 101 Å². The molecule has 55 heavy (non-hydrogen) atoms. The SMILES string of the molecule is CCC(C)(CC)C(=O)/C=C(\O)C(C)(CC)CC.Cc1c(-c2csc3ccc(CC(C)C)cc23)sc2c(-c3[c-]c4ccccc4c(C(C)(C)C)c3)nccc12.[Ir]. The summed E-state index contributed by atoms with van der Waals surface area (Å²) in [4.78, 5) is 18.5. The monoisotopic (exact) mass is 951 g/mol. The van der Waals surface area contributed by atoms with Crippen LogP contribution in [0.3, 0.4) is 0 Å². The predicted molar refractivity (Wildman–Crippen MR) is 237 cm³/mol. The number of allylic oxidation sites excluding steroid dienone is 2. The third-order valence-corrected chi connectivity index (χ3v) is 14.1. The molecule has 0 fully saturated rings. The average Bonchev–Trinajstić information content (AvgIpc) is 3.72. The van der Waals surface area contributed by atoms with Gasteiger partial charge in [-0.3, -0.25) is 9.78 Å². The van der Waals surface area contributed by atoms with Crippen molar-refractivity contribution in [2.45, 2.75) is 121 Å². The molecule has 295 valence electrons. The summed E-state index contributed by atoms with van der Waals surface area (Å²) in [6.45, 7) is 25.8. The smallest absolute Gasteiger partial charge is 0.164 e. The Morgan fingerprint density at radius 3 is 2.15 bits per heavy atom. The van der Waals surface area contributed by atoms with Gasteiger partial charge >= 0.3 is 0 Å². The maximum absolute atomic E-state index is 12.2. The van der Waals surface area contributed by atoms with Crippen LogP contribution in [0.4, 0.5) is 0 Å². The summed E-state index contributed by atoms with van der Waals surface area (Å²) < 4.78 is 2.61. The Morgan fingerprint density at radius 1 is 0.873 bits per heavy atom. The molecule has 6 rings (SSSR count). The summed E-state index contributed by atoms with van der Waals surface area (Å²) in [5.41, 5.74) is 6.99. The maximum Gasteiger partial charge on any atom is 0.164 e. The standard InChI is InChI=1S/C34H32NS2.C15H28O2.Ir/c1-20(2)15-22-11-12-30-27(16-22)28(19-36-30)32-21(3)25-13-14-35-31(33(25)37-32)24-17-23-9-7-8-10-26(23)29(18-24)34(4,5)6;1-7-14(5,8-2)12(16)11-13(17)15(6,9-3)10-4;/h7-14,16,18-20H,15H2,1-6H3;11,16H,7-10H2,1-6H3;/q-1;;/b;12-11-;. The molecule has 0 atom stereocenters. The zero-order valence-corrected chi connectivity index (χ0v) is 39.0. The first-order chi connectivity index (χ1) is 25.5. The third-order valence-electron chi connectivity index (χ3n) is 11.8. The number of hydrogen-bond acceptors (Lipinski definition) is 5. The summed E-state index contributed by atoms with van der Waals surface area (Å²) in [6.07, 6.45) is 7.83. The minimum atomic E-state index is -0.337. The van der Waals surface area contributed by atoms with Gasteiger partial charge in [-0.2, -0.15) is 0 Å². The van der Waals surface area contributed by atoms with E-state index in [2.05, 4.69) is 108 Å². The fraction of sp³-hybridized carbons (Fsp3) is 0.429. The minimum Gasteiger partial charge on any atom is -0.512 e. The van der Waals surface area contributed by atoms with E-state index in [1.807, 2.05) is 70.4 Å². The van der Waals surface area contributed by atoms with Crippen LogP contribution in [0.5, 0.6) is 0 Å². The number of aliphatic hydroxyl groups excluding tert-OH is 1. The van der Waals surface area contributed by atoms with Crippen LogP contribution < -0.4 is 0 Å². The predicted octanol–water partition coefficient (Wildman–Crippen LogP) is 15.3. The Labute approximate surface area is 352 Å². The summed E-state index contributed by atoms with van der Waals surface area (Å²) in [6, 6.07) is 23.8. The Balaban J connectivity index is 0.000000320. The first kappa shape index (κ1) is 44.6. The van der Waals surface area contributed by atoms with Gasteiger partial charge < -0.3 is 5.11 Å². The van der Waals surface area contributed by atoms with E-state index in [9.17, 15) is 9.90 Å². The normalized spacial score (nSPS) is 12.6. The fourth-order valence-corrected chi connectivity index (χ4v) is 9.45. The van der Waals surface area contributed by atoms with E-state index in [0.29, 0.717) is 5.92 Å². The van der Waals surface area contributed by atoms with Crippen LogP contribution in [0.1, 0.15) is 119 Å². The summed E-state index contributed by atoms with van der Waals surface area (Å²) in [5.74, 6) is 0.934. The van der Waals surface area contributed by atoms with Gasteiger partial charge in [0.25, 0.3) is 0 Å². The van der Waals surface area contributed by atoms with E-state index >= 15 is 0 Å². The van der Waals surface area contributed by atoms with E-state index in [1.165, 1.54) is 58.8 Å². The number of aryl methyl sites for hydroxylation is 1. The van der Waals surface area contributed by atoms with Crippen molar-refractivity contribution in [1.82, 2.24) is 4.98 Å². The van der Waals surface area contributed by atoms with Gasteiger partial charge in [0.1, 0.15) is 5.76 Å². The van der Waals surface area contributed by atoms with Crippen molar-refractivity contribution in [3.63, 3.8) is 0 Å². The second-order valence-corrected chi connectivity index (χ2v) is 18.9. The zero-order valence-electron chi connectivity index (χ0n) is 35.0. The molecule has 0 spiro atoms. The molecular formula is C49H60IrNO2S2-. The van der Waals surface area contributed by atoms with Crippen LogP contribution in [0.2, 0.25) is 0 Å². The number of thiophene rings is 2. The first-order valence-electron chi connectivity index (χ1n) is 19.8.